The first-order valence-electron chi connectivity index (χ1n) is 14.7. The van der Waals surface area contributed by atoms with E-state index in [0.29, 0.717) is 0 Å². The van der Waals surface area contributed by atoms with Gasteiger partial charge in [0, 0.05) is 19.6 Å². The van der Waals surface area contributed by atoms with Crippen molar-refractivity contribution < 1.29 is 0 Å². The number of thioether (sulfide) groups is 4. The summed E-state index contributed by atoms with van der Waals surface area (Å²) >= 11 is 7.88. The van der Waals surface area contributed by atoms with Crippen LogP contribution >= 0.6 is 47.0 Å². The number of benzene rings is 6. The standard InChI is InChI=1S/C40H34S4/c1-31-19-15-17-29-37(31)43-39(33-21-7-3-8-22-33,41-35-25-11-5-12-26-35)40(34-23-9-4-10-24-34,42-36-27-13-6-14-28-36)44-38-30-18-16-20-32(38)2/h3-30H,1-2H3. The van der Waals surface area contributed by atoms with E-state index < -0.39 is 8.16 Å². The van der Waals surface area contributed by atoms with Crippen LogP contribution < -0.4 is 0 Å². The fraction of sp³-hybridized carbons (Fsp3) is 0.100. The summed E-state index contributed by atoms with van der Waals surface area (Å²) in [5, 5.41) is 0. The number of aryl methyl sites for hydroxylation is 2. The average molecular weight is 643 g/mol. The zero-order chi connectivity index (χ0) is 30.2. The van der Waals surface area contributed by atoms with Gasteiger partial charge < -0.3 is 0 Å². The third-order valence-corrected chi connectivity index (χ3v) is 14.7. The lowest BCUT2D eigenvalue weighted by atomic mass is 10.0. The smallest absolute Gasteiger partial charge is 0.100 e. The first-order chi connectivity index (χ1) is 21.6. The fourth-order valence-electron chi connectivity index (χ4n) is 5.20. The van der Waals surface area contributed by atoms with Crippen molar-refractivity contribution in [2.24, 2.45) is 0 Å². The molecule has 218 valence electrons. The highest BCUT2D eigenvalue weighted by atomic mass is 32.2. The van der Waals surface area contributed by atoms with Gasteiger partial charge in [0.1, 0.15) is 8.16 Å². The normalized spacial score (nSPS) is 14.0. The number of hydrogen-bond acceptors (Lipinski definition) is 4. The van der Waals surface area contributed by atoms with E-state index in [4.69, 9.17) is 0 Å². The summed E-state index contributed by atoms with van der Waals surface area (Å²) in [6.45, 7) is 4.46. The third-order valence-electron chi connectivity index (χ3n) is 7.45. The fourth-order valence-corrected chi connectivity index (χ4v) is 12.3. The first kappa shape index (κ1) is 30.7. The molecule has 0 aliphatic carbocycles. The molecular formula is C40H34S4. The predicted octanol–water partition coefficient (Wildman–Crippen LogP) is 12.5. The Morgan fingerprint density at radius 2 is 0.614 bits per heavy atom. The zero-order valence-electron chi connectivity index (χ0n) is 24.8. The highest BCUT2D eigenvalue weighted by molar-refractivity contribution is 8.24. The second-order valence-corrected chi connectivity index (χ2v) is 16.1. The van der Waals surface area contributed by atoms with Crippen LogP contribution in [0.3, 0.4) is 0 Å². The van der Waals surface area contributed by atoms with Crippen LogP contribution in [-0.2, 0) is 8.16 Å². The Bertz CT molecular complexity index is 1640. The third kappa shape index (κ3) is 6.55. The Kier molecular flexibility index (Phi) is 9.93. The van der Waals surface area contributed by atoms with Crippen molar-refractivity contribution in [1.29, 1.82) is 0 Å². The Balaban J connectivity index is 1.74. The molecule has 0 fully saturated rings. The molecule has 0 amide bonds. The summed E-state index contributed by atoms with van der Waals surface area (Å²) in [4.78, 5) is 5.02. The van der Waals surface area contributed by atoms with Gasteiger partial charge in [0.15, 0.2) is 0 Å². The molecule has 0 N–H and O–H groups in total. The van der Waals surface area contributed by atoms with Gasteiger partial charge in [-0.2, -0.15) is 0 Å². The maximum Gasteiger partial charge on any atom is 0.124 e. The number of hydrogen-bond donors (Lipinski definition) is 0. The minimum Gasteiger partial charge on any atom is -0.100 e. The second kappa shape index (κ2) is 14.2. The van der Waals surface area contributed by atoms with Crippen molar-refractivity contribution in [3.05, 3.63) is 192 Å². The van der Waals surface area contributed by atoms with Crippen molar-refractivity contribution >= 4 is 47.0 Å². The molecule has 6 rings (SSSR count). The van der Waals surface area contributed by atoms with E-state index in [1.165, 1.54) is 41.8 Å². The summed E-state index contributed by atoms with van der Waals surface area (Å²) in [7, 11) is 0. The molecule has 0 saturated heterocycles. The Morgan fingerprint density at radius 3 is 0.955 bits per heavy atom. The summed E-state index contributed by atoms with van der Waals surface area (Å²) in [5.74, 6) is 0. The van der Waals surface area contributed by atoms with E-state index in [-0.39, 0.29) is 0 Å². The van der Waals surface area contributed by atoms with E-state index >= 15 is 0 Å². The van der Waals surface area contributed by atoms with Gasteiger partial charge >= 0.3 is 0 Å². The molecular weight excluding hydrogens is 609 g/mol. The lowest BCUT2D eigenvalue weighted by molar-refractivity contribution is 0.778. The minimum atomic E-state index is -0.531. The van der Waals surface area contributed by atoms with Gasteiger partial charge in [0.05, 0.1) is 0 Å². The molecule has 0 radical (unpaired) electrons. The molecule has 0 bridgehead atoms. The highest BCUT2D eigenvalue weighted by Crippen LogP contribution is 2.73. The summed E-state index contributed by atoms with van der Waals surface area (Å²) in [6, 6.07) is 61.8. The van der Waals surface area contributed by atoms with Crippen LogP contribution in [0.2, 0.25) is 0 Å². The van der Waals surface area contributed by atoms with Crippen molar-refractivity contribution in [2.45, 2.75) is 41.6 Å². The van der Waals surface area contributed by atoms with Gasteiger partial charge in [-0.15, -0.1) is 23.5 Å². The van der Waals surface area contributed by atoms with Crippen LogP contribution in [0, 0.1) is 13.8 Å². The molecule has 0 spiro atoms. The lowest BCUT2D eigenvalue weighted by Crippen LogP contribution is -2.40. The van der Waals surface area contributed by atoms with E-state index in [9.17, 15) is 0 Å². The zero-order valence-corrected chi connectivity index (χ0v) is 28.1. The van der Waals surface area contributed by atoms with Crippen molar-refractivity contribution in [1.82, 2.24) is 0 Å². The van der Waals surface area contributed by atoms with Crippen LogP contribution in [0.1, 0.15) is 22.3 Å². The average Bonchev–Trinajstić information content (AvgIpc) is 3.08. The van der Waals surface area contributed by atoms with Crippen LogP contribution in [0.15, 0.2) is 189 Å². The van der Waals surface area contributed by atoms with E-state index in [0.717, 1.165) is 0 Å². The topological polar surface area (TPSA) is 0 Å². The first-order valence-corrected chi connectivity index (χ1v) is 17.9. The van der Waals surface area contributed by atoms with E-state index in [1.807, 2.05) is 47.0 Å². The van der Waals surface area contributed by atoms with Crippen LogP contribution in [-0.4, -0.2) is 0 Å². The van der Waals surface area contributed by atoms with E-state index in [1.54, 1.807) is 0 Å². The Labute approximate surface area is 279 Å². The lowest BCUT2D eigenvalue weighted by Gasteiger charge is -2.50. The summed E-state index contributed by atoms with van der Waals surface area (Å²) in [5.41, 5.74) is 5.10. The Morgan fingerprint density at radius 1 is 0.318 bits per heavy atom. The van der Waals surface area contributed by atoms with Crippen LogP contribution in [0.5, 0.6) is 0 Å². The molecule has 0 nitrogen and oxygen atoms in total. The van der Waals surface area contributed by atoms with Gasteiger partial charge in [-0.25, -0.2) is 0 Å². The maximum absolute atomic E-state index is 2.32. The minimum absolute atomic E-state index is 0.531. The predicted molar refractivity (Wildman–Crippen MR) is 195 cm³/mol. The monoisotopic (exact) mass is 642 g/mol. The molecule has 4 heteroatoms. The molecule has 6 aromatic rings. The van der Waals surface area contributed by atoms with Crippen molar-refractivity contribution in [3.63, 3.8) is 0 Å². The molecule has 0 aliphatic rings. The largest absolute Gasteiger partial charge is 0.124 e. The van der Waals surface area contributed by atoms with Gasteiger partial charge in [0.2, 0.25) is 0 Å². The quantitative estimate of drug-likeness (QED) is 0.102. The molecule has 44 heavy (non-hydrogen) atoms. The highest BCUT2D eigenvalue weighted by Gasteiger charge is 2.57. The van der Waals surface area contributed by atoms with Crippen molar-refractivity contribution in [2.75, 3.05) is 0 Å². The molecule has 6 aromatic carbocycles. The van der Waals surface area contributed by atoms with Crippen molar-refractivity contribution in [3.8, 4) is 0 Å². The SMILES string of the molecule is Cc1ccccc1SC(Sc1ccccc1)(c1ccccc1)C(Sc1ccccc1)(Sc1ccccc1C)c1ccccc1. The molecule has 2 atom stereocenters. The molecule has 2 unspecified atom stereocenters. The second-order valence-electron chi connectivity index (χ2n) is 10.5. The van der Waals surface area contributed by atoms with Gasteiger partial charge in [-0.1, -0.05) is 157 Å². The molecule has 0 aliphatic heterocycles. The van der Waals surface area contributed by atoms with Crippen LogP contribution in [0.25, 0.3) is 0 Å². The maximum atomic E-state index is 2.32. The Hall–Kier alpha value is -3.28. The van der Waals surface area contributed by atoms with Gasteiger partial charge in [0.25, 0.3) is 0 Å². The molecule has 0 saturated carbocycles. The van der Waals surface area contributed by atoms with E-state index in [2.05, 4.69) is 184 Å². The van der Waals surface area contributed by atoms with Gasteiger partial charge in [-0.05, 0) is 72.5 Å². The summed E-state index contributed by atoms with van der Waals surface area (Å²) < 4.78 is -1.06. The number of rotatable bonds is 11. The van der Waals surface area contributed by atoms with Gasteiger partial charge in [-0.3, -0.25) is 0 Å². The summed E-state index contributed by atoms with van der Waals surface area (Å²) in [6.07, 6.45) is 0. The van der Waals surface area contributed by atoms with Crippen LogP contribution in [0.4, 0.5) is 0 Å². The molecule has 0 heterocycles. The molecule has 0 aromatic heterocycles.